The minimum atomic E-state index is -0.413. The highest BCUT2D eigenvalue weighted by Gasteiger charge is 2.35. The molecule has 1 N–H and O–H groups in total. The van der Waals surface area contributed by atoms with Gasteiger partial charge >= 0.3 is 6.03 Å². The first-order valence-electron chi connectivity index (χ1n) is 13.9. The molecular formula is C31H43N5O3. The number of hydrogen-bond donors (Lipinski definition) is 1. The lowest BCUT2D eigenvalue weighted by Crippen LogP contribution is -2.53. The molecule has 3 amide bonds. The molecule has 4 rings (SSSR count). The lowest BCUT2D eigenvalue weighted by Gasteiger charge is -2.32. The van der Waals surface area contributed by atoms with Gasteiger partial charge in [-0.1, -0.05) is 42.0 Å². The van der Waals surface area contributed by atoms with Crippen molar-refractivity contribution in [3.63, 3.8) is 0 Å². The second kappa shape index (κ2) is 12.3. The molecule has 0 spiro atoms. The van der Waals surface area contributed by atoms with Crippen LogP contribution in [0.15, 0.2) is 47.6 Å². The van der Waals surface area contributed by atoms with Gasteiger partial charge in [-0.25, -0.2) is 9.80 Å². The van der Waals surface area contributed by atoms with E-state index in [2.05, 4.69) is 73.5 Å². The fourth-order valence-corrected chi connectivity index (χ4v) is 4.86. The highest BCUT2D eigenvalue weighted by molar-refractivity contribution is 6.03. The summed E-state index contributed by atoms with van der Waals surface area (Å²) in [5.41, 5.74) is 6.12. The van der Waals surface area contributed by atoms with Gasteiger partial charge in [0.25, 0.3) is 5.91 Å². The molecular weight excluding hydrogens is 490 g/mol. The fourth-order valence-electron chi connectivity index (χ4n) is 4.86. The summed E-state index contributed by atoms with van der Waals surface area (Å²) in [6, 6.07) is 14.1. The number of carbonyl (C=O) groups excluding carboxylic acids is 2. The van der Waals surface area contributed by atoms with Crippen molar-refractivity contribution in [1.29, 1.82) is 0 Å². The van der Waals surface area contributed by atoms with E-state index in [0.717, 1.165) is 35.5 Å². The Hall–Kier alpha value is -3.23. The van der Waals surface area contributed by atoms with Crippen LogP contribution in [0.5, 0.6) is 0 Å². The molecule has 2 aromatic rings. The summed E-state index contributed by atoms with van der Waals surface area (Å²) >= 11 is 0. The normalized spacial score (nSPS) is 18.2. The summed E-state index contributed by atoms with van der Waals surface area (Å²) < 4.78 is 5.46. The average Bonchev–Trinajstić information content (AvgIpc) is 3.34. The molecule has 8 nitrogen and oxygen atoms in total. The minimum absolute atomic E-state index is 0.0433. The van der Waals surface area contributed by atoms with Gasteiger partial charge < -0.3 is 15.0 Å². The van der Waals surface area contributed by atoms with Crippen LogP contribution < -0.4 is 5.32 Å². The van der Waals surface area contributed by atoms with E-state index in [1.165, 1.54) is 11.1 Å². The molecule has 210 valence electrons. The number of morpholine rings is 1. The van der Waals surface area contributed by atoms with Gasteiger partial charge in [0, 0.05) is 38.1 Å². The van der Waals surface area contributed by atoms with Crippen molar-refractivity contribution in [3.05, 3.63) is 70.3 Å². The molecule has 0 bridgehead atoms. The number of rotatable bonds is 7. The monoisotopic (exact) mass is 533 g/mol. The summed E-state index contributed by atoms with van der Waals surface area (Å²) in [5.74, 6) is -0.189. The van der Waals surface area contributed by atoms with Crippen molar-refractivity contribution in [1.82, 2.24) is 20.1 Å². The first-order valence-corrected chi connectivity index (χ1v) is 13.9. The summed E-state index contributed by atoms with van der Waals surface area (Å²) in [6.07, 6.45) is 0.624. The Kier molecular flexibility index (Phi) is 9.08. The second-order valence-electron chi connectivity index (χ2n) is 11.8. The van der Waals surface area contributed by atoms with Gasteiger partial charge in [-0.15, -0.1) is 0 Å². The number of urea groups is 1. The zero-order valence-electron chi connectivity index (χ0n) is 24.3. The van der Waals surface area contributed by atoms with E-state index < -0.39 is 5.54 Å². The van der Waals surface area contributed by atoms with Gasteiger partial charge in [0.15, 0.2) is 0 Å². The van der Waals surface area contributed by atoms with Crippen LogP contribution in [0, 0.1) is 20.8 Å². The molecule has 0 aromatic heterocycles. The maximum absolute atomic E-state index is 13.9. The summed E-state index contributed by atoms with van der Waals surface area (Å²) in [4.78, 5) is 31.1. The smallest absolute Gasteiger partial charge is 0.318 e. The number of hydrazone groups is 1. The first kappa shape index (κ1) is 28.8. The van der Waals surface area contributed by atoms with Crippen LogP contribution in [0.1, 0.15) is 61.1 Å². The summed E-state index contributed by atoms with van der Waals surface area (Å²) in [7, 11) is 0. The molecule has 0 aliphatic carbocycles. The number of hydrogen-bond acceptors (Lipinski definition) is 5. The van der Waals surface area contributed by atoms with Crippen LogP contribution in [-0.4, -0.2) is 83.9 Å². The summed E-state index contributed by atoms with van der Waals surface area (Å²) in [5, 5.41) is 9.50. The van der Waals surface area contributed by atoms with Crippen molar-refractivity contribution >= 4 is 17.6 Å². The third-order valence-electron chi connectivity index (χ3n) is 7.35. The third kappa shape index (κ3) is 7.67. The van der Waals surface area contributed by atoms with E-state index >= 15 is 0 Å². The van der Waals surface area contributed by atoms with E-state index in [0.29, 0.717) is 32.7 Å². The Morgan fingerprint density at radius 3 is 2.36 bits per heavy atom. The van der Waals surface area contributed by atoms with Crippen molar-refractivity contribution in [2.75, 3.05) is 45.9 Å². The second-order valence-corrected chi connectivity index (χ2v) is 11.8. The standard InChI is InChI=1S/C31H43N5O3/c1-22-7-10-25(11-8-22)28-20-27(26-12-9-23(2)24(3)19-26)33-36(28)29(37)21-35(30(38)32-31(4,5)6)14-13-34-15-17-39-18-16-34/h7-12,19,28H,13-18,20-21H2,1-6H3,(H,32,38). The lowest BCUT2D eigenvalue weighted by molar-refractivity contribution is -0.133. The predicted octanol–water partition coefficient (Wildman–Crippen LogP) is 4.43. The van der Waals surface area contributed by atoms with E-state index in [4.69, 9.17) is 9.84 Å². The van der Waals surface area contributed by atoms with Crippen LogP contribution in [0.25, 0.3) is 0 Å². The number of nitrogens with zero attached hydrogens (tertiary/aromatic N) is 4. The first-order chi connectivity index (χ1) is 18.5. The van der Waals surface area contributed by atoms with Gasteiger partial charge in [-0.2, -0.15) is 5.10 Å². The van der Waals surface area contributed by atoms with Gasteiger partial charge in [-0.3, -0.25) is 9.69 Å². The zero-order chi connectivity index (χ0) is 28.2. The number of amides is 3. The quantitative estimate of drug-likeness (QED) is 0.571. The Morgan fingerprint density at radius 2 is 1.72 bits per heavy atom. The van der Waals surface area contributed by atoms with Crippen LogP contribution >= 0.6 is 0 Å². The number of carbonyl (C=O) groups is 2. The Morgan fingerprint density at radius 1 is 1.03 bits per heavy atom. The molecule has 2 aliphatic heterocycles. The molecule has 1 atom stereocenters. The van der Waals surface area contributed by atoms with E-state index in [-0.39, 0.29) is 24.5 Å². The minimum Gasteiger partial charge on any atom is -0.379 e. The maximum Gasteiger partial charge on any atom is 0.318 e. The van der Waals surface area contributed by atoms with E-state index in [1.54, 1.807) is 9.91 Å². The van der Waals surface area contributed by atoms with Gasteiger partial charge in [0.1, 0.15) is 6.54 Å². The van der Waals surface area contributed by atoms with Crippen LogP contribution in [0.2, 0.25) is 0 Å². The lowest BCUT2D eigenvalue weighted by atomic mass is 9.96. The molecule has 0 saturated carbocycles. The van der Waals surface area contributed by atoms with Crippen molar-refractivity contribution in [2.24, 2.45) is 5.10 Å². The molecule has 0 radical (unpaired) electrons. The van der Waals surface area contributed by atoms with Crippen molar-refractivity contribution in [3.8, 4) is 0 Å². The molecule has 2 heterocycles. The van der Waals surface area contributed by atoms with Crippen molar-refractivity contribution < 1.29 is 14.3 Å². The molecule has 2 aromatic carbocycles. The average molecular weight is 534 g/mol. The van der Waals surface area contributed by atoms with Crippen molar-refractivity contribution in [2.45, 2.75) is 59.5 Å². The largest absolute Gasteiger partial charge is 0.379 e. The highest BCUT2D eigenvalue weighted by Crippen LogP contribution is 2.33. The van der Waals surface area contributed by atoms with Gasteiger partial charge in [0.05, 0.1) is 25.0 Å². The van der Waals surface area contributed by atoms with Gasteiger partial charge in [-0.05, 0) is 69.9 Å². The highest BCUT2D eigenvalue weighted by atomic mass is 16.5. The Balaban J connectivity index is 1.58. The third-order valence-corrected chi connectivity index (χ3v) is 7.35. The number of ether oxygens (including phenoxy) is 1. The molecule has 1 saturated heterocycles. The molecule has 39 heavy (non-hydrogen) atoms. The number of nitrogens with one attached hydrogen (secondary N) is 1. The predicted molar refractivity (Wildman–Crippen MR) is 155 cm³/mol. The van der Waals surface area contributed by atoms with Crippen LogP contribution in [0.3, 0.4) is 0 Å². The van der Waals surface area contributed by atoms with Gasteiger partial charge in [0.2, 0.25) is 0 Å². The van der Waals surface area contributed by atoms with Crippen LogP contribution in [-0.2, 0) is 9.53 Å². The maximum atomic E-state index is 13.9. The van der Waals surface area contributed by atoms with E-state index in [9.17, 15) is 9.59 Å². The Labute approximate surface area is 233 Å². The molecule has 1 fully saturated rings. The fraction of sp³-hybridized carbons (Fsp3) is 0.516. The molecule has 1 unspecified atom stereocenters. The molecule has 2 aliphatic rings. The summed E-state index contributed by atoms with van der Waals surface area (Å²) in [6.45, 7) is 16.2. The zero-order valence-corrected chi connectivity index (χ0v) is 24.3. The topological polar surface area (TPSA) is 77.5 Å². The van der Waals surface area contributed by atoms with Crippen LogP contribution in [0.4, 0.5) is 4.79 Å². The number of aryl methyl sites for hydroxylation is 3. The molecule has 8 heteroatoms. The Bertz CT molecular complexity index is 1200. The van der Waals surface area contributed by atoms with E-state index in [1.807, 2.05) is 20.8 Å². The number of benzene rings is 2. The SMILES string of the molecule is Cc1ccc(C2CC(c3ccc(C)c(C)c3)=NN2C(=O)CN(CCN2CCOCC2)C(=O)NC(C)(C)C)cc1.